The van der Waals surface area contributed by atoms with E-state index in [0.29, 0.717) is 0 Å². The number of rotatable bonds is 5. The largest absolute Gasteiger partial charge is 0.369 e. The first-order valence-electron chi connectivity index (χ1n) is 14.0. The maximum atomic E-state index is 4.74. The van der Waals surface area contributed by atoms with Gasteiger partial charge in [-0.15, -0.1) is 0 Å². The van der Waals surface area contributed by atoms with Crippen molar-refractivity contribution in [1.29, 1.82) is 0 Å². The highest BCUT2D eigenvalue weighted by atomic mass is 15.2. The smallest absolute Gasteiger partial charge is 0.138 e. The second-order valence-corrected chi connectivity index (χ2v) is 10.6. The van der Waals surface area contributed by atoms with Gasteiger partial charge in [-0.25, -0.2) is 4.98 Å². The molecule has 0 unspecified atom stereocenters. The Hall–Kier alpha value is -4.67. The first-order valence-corrected chi connectivity index (χ1v) is 14.0. The molecular formula is C36H32N4. The summed E-state index contributed by atoms with van der Waals surface area (Å²) >= 11 is 0. The average Bonchev–Trinajstić information content (AvgIpc) is 3.40. The zero-order valence-corrected chi connectivity index (χ0v) is 22.7. The number of pyridine rings is 1. The number of H-pyrrole nitrogens is 1. The minimum atomic E-state index is 0.907. The molecule has 1 aliphatic rings. The minimum absolute atomic E-state index is 0.907. The summed E-state index contributed by atoms with van der Waals surface area (Å²) in [6.45, 7) is 4.37. The number of piperazine rings is 1. The van der Waals surface area contributed by atoms with Crippen LogP contribution < -0.4 is 4.90 Å². The number of hydrogen-bond donors (Lipinski definition) is 1. The first-order chi connectivity index (χ1) is 19.7. The molecule has 4 heteroatoms. The normalized spacial score (nSPS) is 14.7. The van der Waals surface area contributed by atoms with Crippen LogP contribution >= 0.6 is 0 Å². The van der Waals surface area contributed by atoms with Gasteiger partial charge in [0.25, 0.3) is 0 Å². The van der Waals surface area contributed by atoms with E-state index in [9.17, 15) is 0 Å². The molecule has 4 aromatic carbocycles. The monoisotopic (exact) mass is 520 g/mol. The molecule has 40 heavy (non-hydrogen) atoms. The summed E-state index contributed by atoms with van der Waals surface area (Å²) in [5.74, 6) is 0. The van der Waals surface area contributed by atoms with Crippen LogP contribution in [-0.2, 0) is 0 Å². The molecule has 0 atom stereocenters. The van der Waals surface area contributed by atoms with Crippen LogP contribution in [0.5, 0.6) is 0 Å². The summed E-state index contributed by atoms with van der Waals surface area (Å²) in [7, 11) is 2.20. The number of anilines is 1. The maximum absolute atomic E-state index is 4.74. The fourth-order valence-corrected chi connectivity index (χ4v) is 5.80. The van der Waals surface area contributed by atoms with E-state index < -0.39 is 0 Å². The number of nitrogens with zero attached hydrogens (tertiary/aromatic N) is 3. The zero-order chi connectivity index (χ0) is 26.9. The van der Waals surface area contributed by atoms with Crippen molar-refractivity contribution in [3.8, 4) is 11.1 Å². The Morgan fingerprint density at radius 2 is 1.45 bits per heavy atom. The minimum Gasteiger partial charge on any atom is -0.369 e. The van der Waals surface area contributed by atoms with Gasteiger partial charge in [-0.1, -0.05) is 78.9 Å². The molecule has 0 aliphatic carbocycles. The van der Waals surface area contributed by atoms with Gasteiger partial charge in [-0.2, -0.15) is 0 Å². The lowest BCUT2D eigenvalue weighted by Gasteiger charge is -2.34. The van der Waals surface area contributed by atoms with Crippen molar-refractivity contribution in [3.05, 3.63) is 132 Å². The Kier molecular flexibility index (Phi) is 6.39. The third-order valence-corrected chi connectivity index (χ3v) is 8.05. The first kappa shape index (κ1) is 24.4. The van der Waals surface area contributed by atoms with Gasteiger partial charge in [0, 0.05) is 54.4 Å². The number of nitrogens with one attached hydrogen (secondary N) is 1. The lowest BCUT2D eigenvalue weighted by Crippen LogP contribution is -2.44. The number of aromatic nitrogens is 2. The molecule has 0 amide bonds. The van der Waals surface area contributed by atoms with E-state index in [1.165, 1.54) is 44.5 Å². The molecule has 0 spiro atoms. The Labute approximate surface area is 235 Å². The Morgan fingerprint density at radius 3 is 2.20 bits per heavy atom. The Morgan fingerprint density at radius 1 is 0.750 bits per heavy atom. The molecule has 1 aliphatic heterocycles. The maximum Gasteiger partial charge on any atom is 0.138 e. The zero-order valence-electron chi connectivity index (χ0n) is 22.7. The van der Waals surface area contributed by atoms with Crippen LogP contribution in [0.4, 0.5) is 5.69 Å². The second kappa shape index (κ2) is 10.5. The van der Waals surface area contributed by atoms with E-state index in [1.807, 2.05) is 6.20 Å². The second-order valence-electron chi connectivity index (χ2n) is 10.6. The van der Waals surface area contributed by atoms with Crippen molar-refractivity contribution in [2.24, 2.45) is 0 Å². The Balaban J connectivity index is 1.34. The molecule has 0 radical (unpaired) electrons. The van der Waals surface area contributed by atoms with Crippen molar-refractivity contribution < 1.29 is 0 Å². The summed E-state index contributed by atoms with van der Waals surface area (Å²) in [5, 5.41) is 2.34. The van der Waals surface area contributed by atoms with E-state index in [-0.39, 0.29) is 0 Å². The number of aromatic amines is 1. The predicted molar refractivity (Wildman–Crippen MR) is 169 cm³/mol. The van der Waals surface area contributed by atoms with Gasteiger partial charge in [-0.3, -0.25) is 0 Å². The summed E-state index contributed by atoms with van der Waals surface area (Å²) in [4.78, 5) is 13.2. The molecule has 1 saturated heterocycles. The fourth-order valence-electron chi connectivity index (χ4n) is 5.80. The highest BCUT2D eigenvalue weighted by molar-refractivity contribution is 6.14. The van der Waals surface area contributed by atoms with Gasteiger partial charge >= 0.3 is 0 Å². The van der Waals surface area contributed by atoms with Crippen LogP contribution in [-0.4, -0.2) is 48.1 Å². The van der Waals surface area contributed by atoms with E-state index in [1.54, 1.807) is 0 Å². The molecule has 1 N–H and O–H groups in total. The number of likely N-dealkylation sites (N-methyl/N-ethyl adjacent to an activating group) is 1. The van der Waals surface area contributed by atoms with Crippen molar-refractivity contribution in [2.75, 3.05) is 38.1 Å². The van der Waals surface area contributed by atoms with Crippen LogP contribution in [0, 0.1) is 0 Å². The SMILES string of the molecule is CN1CCN(c2ccc(-c3ccc4[nH]c5nccc(C(=Cc6ccccc6)c6ccccc6)c5c4c3)cc2)CC1. The van der Waals surface area contributed by atoms with Crippen LogP contribution in [0.15, 0.2) is 115 Å². The average molecular weight is 521 g/mol. The highest BCUT2D eigenvalue weighted by Gasteiger charge is 2.17. The van der Waals surface area contributed by atoms with Crippen LogP contribution in [0.1, 0.15) is 16.7 Å². The van der Waals surface area contributed by atoms with E-state index in [4.69, 9.17) is 4.98 Å². The topological polar surface area (TPSA) is 35.2 Å². The van der Waals surface area contributed by atoms with Gasteiger partial charge in [0.1, 0.15) is 5.65 Å². The third-order valence-electron chi connectivity index (χ3n) is 8.05. The summed E-state index contributed by atoms with van der Waals surface area (Å²) in [6, 6.07) is 39.1. The molecule has 0 saturated carbocycles. The van der Waals surface area contributed by atoms with Crippen molar-refractivity contribution in [2.45, 2.75) is 0 Å². The van der Waals surface area contributed by atoms with E-state index >= 15 is 0 Å². The molecule has 7 rings (SSSR count). The number of fused-ring (bicyclic) bond motifs is 3. The number of hydrogen-bond acceptors (Lipinski definition) is 3. The van der Waals surface area contributed by atoms with Gasteiger partial charge in [0.2, 0.25) is 0 Å². The third kappa shape index (κ3) is 4.67. The van der Waals surface area contributed by atoms with Crippen LogP contribution in [0.2, 0.25) is 0 Å². The number of benzene rings is 4. The standard InChI is InChI=1S/C36H32N4/c1-39-20-22-40(23-21-39)30-15-12-27(13-16-30)29-14-17-34-33(25-29)35-31(18-19-37-36(35)38-34)32(28-10-6-3-7-11-28)24-26-8-4-2-5-9-26/h2-19,24-25H,20-23H2,1H3,(H,37,38). The molecule has 0 bridgehead atoms. The van der Waals surface area contributed by atoms with E-state index in [2.05, 4.69) is 137 Å². The summed E-state index contributed by atoms with van der Waals surface area (Å²) in [5.41, 5.74) is 10.5. The lowest BCUT2D eigenvalue weighted by atomic mass is 9.93. The van der Waals surface area contributed by atoms with Crippen LogP contribution in [0.3, 0.4) is 0 Å². The molecule has 2 aromatic heterocycles. The molecule has 1 fully saturated rings. The van der Waals surface area contributed by atoms with Gasteiger partial charge in [0.15, 0.2) is 0 Å². The molecular weight excluding hydrogens is 488 g/mol. The van der Waals surface area contributed by atoms with Crippen molar-refractivity contribution in [1.82, 2.24) is 14.9 Å². The molecule has 6 aromatic rings. The highest BCUT2D eigenvalue weighted by Crippen LogP contribution is 2.37. The van der Waals surface area contributed by atoms with Gasteiger partial charge in [-0.05, 0) is 76.8 Å². The quantitative estimate of drug-likeness (QED) is 0.236. The van der Waals surface area contributed by atoms with Gasteiger partial charge < -0.3 is 14.8 Å². The van der Waals surface area contributed by atoms with Crippen LogP contribution in [0.25, 0.3) is 44.7 Å². The summed E-state index contributed by atoms with van der Waals surface area (Å²) in [6.07, 6.45) is 4.19. The summed E-state index contributed by atoms with van der Waals surface area (Å²) < 4.78 is 0. The predicted octanol–water partition coefficient (Wildman–Crippen LogP) is 7.72. The molecule has 196 valence electrons. The lowest BCUT2D eigenvalue weighted by molar-refractivity contribution is 0.313. The Bertz CT molecular complexity index is 1790. The molecule has 4 nitrogen and oxygen atoms in total. The van der Waals surface area contributed by atoms with Crippen molar-refractivity contribution >= 4 is 39.3 Å². The van der Waals surface area contributed by atoms with E-state index in [0.717, 1.165) is 42.7 Å². The molecule has 3 heterocycles. The fraction of sp³-hybridized carbons (Fsp3) is 0.139. The van der Waals surface area contributed by atoms with Crippen molar-refractivity contribution in [3.63, 3.8) is 0 Å². The van der Waals surface area contributed by atoms with Gasteiger partial charge in [0.05, 0.1) is 0 Å².